The lowest BCUT2D eigenvalue weighted by Gasteiger charge is -2.37. The van der Waals surface area contributed by atoms with Crippen LogP contribution in [0, 0.1) is 0 Å². The molecule has 6 heteroatoms. The zero-order chi connectivity index (χ0) is 19.7. The largest absolute Gasteiger partial charge is 0.357 e. The predicted molar refractivity (Wildman–Crippen MR) is 113 cm³/mol. The standard InChI is InChI=1S/C22H27N5O/c1-16-13-26(3)8-9-27(16)15-22(28)24-21-11-20-10-17(4-5-18(20)12-23-21)19-6-7-25(2)14-19/h4-7,10-12,14,16H,8-9,13,15H2,1-3H3,(H,23,24,28)/t16-/m0/s1. The van der Waals surface area contributed by atoms with Crippen molar-refractivity contribution >= 4 is 22.5 Å². The van der Waals surface area contributed by atoms with E-state index in [2.05, 4.69) is 64.5 Å². The van der Waals surface area contributed by atoms with Crippen molar-refractivity contribution in [3.63, 3.8) is 0 Å². The Kier molecular flexibility index (Phi) is 5.15. The molecule has 0 radical (unpaired) electrons. The summed E-state index contributed by atoms with van der Waals surface area (Å²) >= 11 is 0. The number of nitrogens with zero attached hydrogens (tertiary/aromatic N) is 4. The molecule has 146 valence electrons. The Balaban J connectivity index is 1.48. The highest BCUT2D eigenvalue weighted by molar-refractivity contribution is 5.94. The fourth-order valence-corrected chi connectivity index (χ4v) is 3.84. The Morgan fingerprint density at radius 3 is 2.75 bits per heavy atom. The van der Waals surface area contributed by atoms with Crippen LogP contribution in [-0.2, 0) is 11.8 Å². The van der Waals surface area contributed by atoms with Crippen molar-refractivity contribution in [1.82, 2.24) is 19.4 Å². The lowest BCUT2D eigenvalue weighted by atomic mass is 10.0. The minimum atomic E-state index is -0.0116. The Labute approximate surface area is 165 Å². The number of amides is 1. The number of aromatic nitrogens is 2. The van der Waals surface area contributed by atoms with Gasteiger partial charge in [0, 0.05) is 56.7 Å². The molecule has 1 aliphatic heterocycles. The van der Waals surface area contributed by atoms with E-state index in [1.54, 1.807) is 0 Å². The summed E-state index contributed by atoms with van der Waals surface area (Å²) in [5.74, 6) is 0.590. The van der Waals surface area contributed by atoms with Crippen LogP contribution in [-0.4, -0.2) is 64.5 Å². The van der Waals surface area contributed by atoms with Gasteiger partial charge in [0.1, 0.15) is 5.82 Å². The molecule has 3 heterocycles. The van der Waals surface area contributed by atoms with E-state index < -0.39 is 0 Å². The zero-order valence-corrected chi connectivity index (χ0v) is 16.7. The van der Waals surface area contributed by atoms with E-state index >= 15 is 0 Å². The third-order valence-electron chi connectivity index (χ3n) is 5.47. The molecule has 2 aromatic heterocycles. The van der Waals surface area contributed by atoms with Gasteiger partial charge in [-0.05, 0) is 48.7 Å². The quantitative estimate of drug-likeness (QED) is 0.760. The number of rotatable bonds is 4. The third-order valence-corrected chi connectivity index (χ3v) is 5.47. The first-order valence-corrected chi connectivity index (χ1v) is 9.72. The first-order chi connectivity index (χ1) is 13.5. The molecule has 3 aromatic rings. The lowest BCUT2D eigenvalue weighted by molar-refractivity contribution is -0.118. The second-order valence-electron chi connectivity index (χ2n) is 7.83. The molecule has 0 unspecified atom stereocenters. The van der Waals surface area contributed by atoms with Crippen LogP contribution < -0.4 is 5.32 Å². The number of fused-ring (bicyclic) bond motifs is 1. The first kappa shape index (κ1) is 18.7. The maximum atomic E-state index is 12.5. The highest BCUT2D eigenvalue weighted by atomic mass is 16.2. The number of pyridine rings is 1. The van der Waals surface area contributed by atoms with Gasteiger partial charge >= 0.3 is 0 Å². The predicted octanol–water partition coefficient (Wildman–Crippen LogP) is 2.81. The number of likely N-dealkylation sites (N-methyl/N-ethyl adjacent to an activating group) is 1. The van der Waals surface area contributed by atoms with Gasteiger partial charge in [-0.25, -0.2) is 4.98 Å². The molecule has 1 saturated heterocycles. The fraction of sp³-hybridized carbons (Fsp3) is 0.364. The average Bonchev–Trinajstić information content (AvgIpc) is 3.10. The molecule has 1 amide bonds. The van der Waals surface area contributed by atoms with Crippen molar-refractivity contribution in [2.45, 2.75) is 13.0 Å². The molecular formula is C22H27N5O. The molecule has 0 aliphatic carbocycles. The van der Waals surface area contributed by atoms with Gasteiger partial charge in [0.25, 0.3) is 0 Å². The lowest BCUT2D eigenvalue weighted by Crippen LogP contribution is -2.52. The zero-order valence-electron chi connectivity index (χ0n) is 16.7. The Morgan fingerprint density at radius 2 is 2.00 bits per heavy atom. The summed E-state index contributed by atoms with van der Waals surface area (Å²) in [5.41, 5.74) is 2.33. The average molecular weight is 377 g/mol. The van der Waals surface area contributed by atoms with Crippen LogP contribution in [0.1, 0.15) is 6.92 Å². The number of carbonyl (C=O) groups excluding carboxylic acids is 1. The van der Waals surface area contributed by atoms with Crippen LogP contribution in [0.15, 0.2) is 48.9 Å². The molecule has 1 aromatic carbocycles. The molecule has 0 saturated carbocycles. The molecule has 4 rings (SSSR count). The minimum absolute atomic E-state index is 0.0116. The van der Waals surface area contributed by atoms with Crippen LogP contribution in [0.25, 0.3) is 21.9 Å². The summed E-state index contributed by atoms with van der Waals surface area (Å²) in [4.78, 5) is 21.5. The number of hydrogen-bond acceptors (Lipinski definition) is 4. The molecule has 0 bridgehead atoms. The highest BCUT2D eigenvalue weighted by Crippen LogP contribution is 2.25. The van der Waals surface area contributed by atoms with Crippen molar-refractivity contribution in [1.29, 1.82) is 0 Å². The molecule has 1 N–H and O–H groups in total. The number of anilines is 1. The molecule has 1 fully saturated rings. The van der Waals surface area contributed by atoms with E-state index in [0.717, 1.165) is 36.0 Å². The second kappa shape index (κ2) is 7.73. The van der Waals surface area contributed by atoms with E-state index in [0.29, 0.717) is 18.4 Å². The van der Waals surface area contributed by atoms with Gasteiger partial charge in [0.2, 0.25) is 5.91 Å². The third kappa shape index (κ3) is 4.08. The fourth-order valence-electron chi connectivity index (χ4n) is 3.84. The topological polar surface area (TPSA) is 53.4 Å². The van der Waals surface area contributed by atoms with Crippen LogP contribution in [0.3, 0.4) is 0 Å². The van der Waals surface area contributed by atoms with Crippen LogP contribution in [0.2, 0.25) is 0 Å². The van der Waals surface area contributed by atoms with Crippen LogP contribution >= 0.6 is 0 Å². The van der Waals surface area contributed by atoms with E-state index in [9.17, 15) is 4.79 Å². The summed E-state index contributed by atoms with van der Waals surface area (Å²) in [7, 11) is 4.14. The molecule has 1 aliphatic rings. The van der Waals surface area contributed by atoms with Gasteiger partial charge in [-0.2, -0.15) is 0 Å². The normalized spacial score (nSPS) is 18.5. The first-order valence-electron chi connectivity index (χ1n) is 9.72. The summed E-state index contributed by atoms with van der Waals surface area (Å²) in [6.07, 6.45) is 5.96. The van der Waals surface area contributed by atoms with Crippen molar-refractivity contribution in [3.05, 3.63) is 48.9 Å². The molecule has 28 heavy (non-hydrogen) atoms. The number of hydrogen-bond donors (Lipinski definition) is 1. The van der Waals surface area contributed by atoms with Gasteiger partial charge in [-0.3, -0.25) is 9.69 Å². The SMILES string of the molecule is C[C@H]1CN(C)CCN1CC(=O)Nc1cc2cc(-c3ccn(C)c3)ccc2cn1. The van der Waals surface area contributed by atoms with E-state index in [-0.39, 0.29) is 5.91 Å². The summed E-state index contributed by atoms with van der Waals surface area (Å²) < 4.78 is 2.04. The molecule has 6 nitrogen and oxygen atoms in total. The number of aryl methyl sites for hydroxylation is 1. The molecular weight excluding hydrogens is 350 g/mol. The Morgan fingerprint density at radius 1 is 1.14 bits per heavy atom. The summed E-state index contributed by atoms with van der Waals surface area (Å²) in [6.45, 7) is 5.47. The molecule has 1 atom stereocenters. The maximum Gasteiger partial charge on any atom is 0.239 e. The van der Waals surface area contributed by atoms with E-state index in [4.69, 9.17) is 0 Å². The van der Waals surface area contributed by atoms with Gasteiger partial charge in [-0.1, -0.05) is 12.1 Å². The maximum absolute atomic E-state index is 12.5. The smallest absolute Gasteiger partial charge is 0.239 e. The number of nitrogens with one attached hydrogen (secondary N) is 1. The van der Waals surface area contributed by atoms with Crippen molar-refractivity contribution < 1.29 is 4.79 Å². The number of piperazine rings is 1. The summed E-state index contributed by atoms with van der Waals surface area (Å²) in [6, 6.07) is 10.7. The summed E-state index contributed by atoms with van der Waals surface area (Å²) in [5, 5.41) is 5.10. The Hall–Kier alpha value is -2.70. The Bertz CT molecular complexity index is 996. The number of benzene rings is 1. The minimum Gasteiger partial charge on any atom is -0.357 e. The van der Waals surface area contributed by atoms with Crippen LogP contribution in [0.4, 0.5) is 5.82 Å². The van der Waals surface area contributed by atoms with Gasteiger partial charge in [-0.15, -0.1) is 0 Å². The van der Waals surface area contributed by atoms with Gasteiger partial charge in [0.05, 0.1) is 6.54 Å². The highest BCUT2D eigenvalue weighted by Gasteiger charge is 2.23. The van der Waals surface area contributed by atoms with Crippen LogP contribution in [0.5, 0.6) is 0 Å². The van der Waals surface area contributed by atoms with Crippen molar-refractivity contribution in [2.24, 2.45) is 7.05 Å². The van der Waals surface area contributed by atoms with Crippen molar-refractivity contribution in [3.8, 4) is 11.1 Å². The number of carbonyl (C=O) groups is 1. The monoisotopic (exact) mass is 377 g/mol. The van der Waals surface area contributed by atoms with Gasteiger partial charge < -0.3 is 14.8 Å². The van der Waals surface area contributed by atoms with Gasteiger partial charge in [0.15, 0.2) is 0 Å². The second-order valence-corrected chi connectivity index (χ2v) is 7.83. The molecule has 0 spiro atoms. The van der Waals surface area contributed by atoms with Crippen molar-refractivity contribution in [2.75, 3.05) is 38.5 Å². The van der Waals surface area contributed by atoms with E-state index in [1.165, 1.54) is 5.56 Å². The van der Waals surface area contributed by atoms with E-state index in [1.807, 2.05) is 30.1 Å².